The molecule has 0 spiro atoms. The molecule has 0 aliphatic heterocycles. The fraction of sp³-hybridized carbons (Fsp3) is 0.455. The van der Waals surface area contributed by atoms with Crippen molar-refractivity contribution in [2.75, 3.05) is 0 Å². The number of rotatable bonds is 6. The van der Waals surface area contributed by atoms with E-state index in [1.54, 1.807) is 30.3 Å². The summed E-state index contributed by atoms with van der Waals surface area (Å²) in [5.74, 6) is 0. The lowest BCUT2D eigenvalue weighted by atomic mass is 10.2. The number of aliphatic hydroxyl groups excluding tert-OH is 1. The van der Waals surface area contributed by atoms with E-state index in [0.29, 0.717) is 5.56 Å². The van der Waals surface area contributed by atoms with Gasteiger partial charge in [-0.05, 0) is 5.56 Å². The van der Waals surface area contributed by atoms with E-state index in [0.717, 1.165) is 0 Å². The molecule has 17 heavy (non-hydrogen) atoms. The maximum absolute atomic E-state index is 13.0. The van der Waals surface area contributed by atoms with Crippen molar-refractivity contribution in [3.63, 3.8) is 0 Å². The van der Waals surface area contributed by atoms with Crippen LogP contribution in [0.2, 0.25) is 0 Å². The molecule has 0 saturated heterocycles. The zero-order valence-electron chi connectivity index (χ0n) is 8.77. The molecule has 0 aromatic heterocycles. The quantitative estimate of drug-likeness (QED) is 0.788. The number of hydrogen-bond donors (Lipinski definition) is 1. The van der Waals surface area contributed by atoms with E-state index >= 15 is 0 Å². The summed E-state index contributed by atoms with van der Waals surface area (Å²) in [5.41, 5.74) is 0.568. The predicted octanol–water partition coefficient (Wildman–Crippen LogP) is 2.46. The Morgan fingerprint density at radius 1 is 1.00 bits per heavy atom. The first-order valence-corrected chi connectivity index (χ1v) is 4.92. The average molecular weight is 252 g/mol. The number of ether oxygens (including phenoxy) is 1. The molecule has 0 fully saturated rings. The fourth-order valence-electron chi connectivity index (χ4n) is 1.14. The lowest BCUT2D eigenvalue weighted by Gasteiger charge is -2.18. The van der Waals surface area contributed by atoms with Gasteiger partial charge in [-0.1, -0.05) is 30.3 Å². The Bertz CT molecular complexity index is 321. The molecule has 1 N–H and O–H groups in total. The highest BCUT2D eigenvalue weighted by Gasteiger charge is 2.35. The van der Waals surface area contributed by atoms with Gasteiger partial charge in [-0.15, -0.1) is 0 Å². The summed E-state index contributed by atoms with van der Waals surface area (Å²) in [7, 11) is 0. The topological polar surface area (TPSA) is 29.5 Å². The highest BCUT2D eigenvalue weighted by molar-refractivity contribution is 5.13. The monoisotopic (exact) mass is 252 g/mol. The van der Waals surface area contributed by atoms with Gasteiger partial charge in [0.2, 0.25) is 12.7 Å². The van der Waals surface area contributed by atoms with Crippen LogP contribution in [-0.2, 0) is 11.3 Å². The maximum Gasteiger partial charge on any atom is 0.233 e. The van der Waals surface area contributed by atoms with Gasteiger partial charge in [-0.25, -0.2) is 17.6 Å². The van der Waals surface area contributed by atoms with Crippen molar-refractivity contribution in [1.29, 1.82) is 0 Å². The van der Waals surface area contributed by atoms with E-state index in [-0.39, 0.29) is 6.61 Å². The summed E-state index contributed by atoms with van der Waals surface area (Å²) in [5, 5.41) is 8.12. The highest BCUT2D eigenvalue weighted by Crippen LogP contribution is 2.18. The minimum atomic E-state index is -3.07. The molecule has 0 saturated carbocycles. The van der Waals surface area contributed by atoms with Gasteiger partial charge in [0.05, 0.1) is 6.61 Å². The number of benzene rings is 1. The van der Waals surface area contributed by atoms with Gasteiger partial charge in [0, 0.05) is 0 Å². The molecule has 96 valence electrons. The van der Waals surface area contributed by atoms with Crippen LogP contribution in [0.15, 0.2) is 30.3 Å². The van der Waals surface area contributed by atoms with Gasteiger partial charge in [0.25, 0.3) is 0 Å². The molecule has 4 atom stereocenters. The summed E-state index contributed by atoms with van der Waals surface area (Å²) in [4.78, 5) is 0. The molecular formula is C11H12F4O2. The van der Waals surface area contributed by atoms with Gasteiger partial charge < -0.3 is 9.84 Å². The van der Waals surface area contributed by atoms with E-state index in [2.05, 4.69) is 4.74 Å². The van der Waals surface area contributed by atoms with Crippen molar-refractivity contribution in [3.05, 3.63) is 35.9 Å². The first-order valence-electron chi connectivity index (χ1n) is 4.92. The van der Waals surface area contributed by atoms with E-state index in [1.165, 1.54) is 0 Å². The Morgan fingerprint density at radius 3 is 2.12 bits per heavy atom. The van der Waals surface area contributed by atoms with Crippen molar-refractivity contribution >= 4 is 0 Å². The zero-order valence-corrected chi connectivity index (χ0v) is 8.77. The maximum atomic E-state index is 13.0. The van der Waals surface area contributed by atoms with Crippen LogP contribution in [0.5, 0.6) is 0 Å². The van der Waals surface area contributed by atoms with Crippen LogP contribution < -0.4 is 0 Å². The van der Waals surface area contributed by atoms with E-state index in [9.17, 15) is 17.6 Å². The molecule has 0 aliphatic rings. The van der Waals surface area contributed by atoms with Crippen LogP contribution in [0.25, 0.3) is 0 Å². The van der Waals surface area contributed by atoms with E-state index in [1.807, 2.05) is 0 Å². The van der Waals surface area contributed by atoms with Crippen molar-refractivity contribution in [2.45, 2.75) is 31.7 Å². The molecule has 4 unspecified atom stereocenters. The first-order chi connectivity index (χ1) is 8.02. The molecule has 6 heteroatoms. The molecular weight excluding hydrogens is 240 g/mol. The molecule has 1 aromatic rings. The van der Waals surface area contributed by atoms with E-state index in [4.69, 9.17) is 5.11 Å². The fourth-order valence-corrected chi connectivity index (χ4v) is 1.14. The number of alkyl halides is 4. The van der Waals surface area contributed by atoms with Crippen molar-refractivity contribution in [3.8, 4) is 0 Å². The summed E-state index contributed by atoms with van der Waals surface area (Å²) >= 11 is 0. The lowest BCUT2D eigenvalue weighted by Crippen LogP contribution is -2.36. The highest BCUT2D eigenvalue weighted by atomic mass is 19.2. The average Bonchev–Trinajstić information content (AvgIpc) is 2.35. The van der Waals surface area contributed by atoms with Crippen molar-refractivity contribution in [1.82, 2.24) is 0 Å². The number of hydrogen-bond acceptors (Lipinski definition) is 2. The van der Waals surface area contributed by atoms with Gasteiger partial charge in [-0.3, -0.25) is 0 Å². The largest absolute Gasteiger partial charge is 0.362 e. The van der Waals surface area contributed by atoms with Gasteiger partial charge in [-0.2, -0.15) is 0 Å². The summed E-state index contributed by atoms with van der Waals surface area (Å²) in [6.45, 7) is -0.266. The third-order valence-electron chi connectivity index (χ3n) is 2.07. The molecule has 0 amide bonds. The normalized spacial score (nSPS) is 18.4. The van der Waals surface area contributed by atoms with Crippen LogP contribution in [0, 0.1) is 0 Å². The number of halogens is 4. The second-order valence-electron chi connectivity index (χ2n) is 3.41. The molecule has 0 bridgehead atoms. The second-order valence-corrected chi connectivity index (χ2v) is 3.41. The van der Waals surface area contributed by atoms with Crippen LogP contribution >= 0.6 is 0 Å². The van der Waals surface area contributed by atoms with Crippen LogP contribution in [0.3, 0.4) is 0 Å². The molecule has 0 heterocycles. The Morgan fingerprint density at radius 2 is 1.59 bits per heavy atom. The van der Waals surface area contributed by atoms with Gasteiger partial charge in [0.15, 0.2) is 12.3 Å². The second kappa shape index (κ2) is 6.56. The summed E-state index contributed by atoms with van der Waals surface area (Å²) < 4.78 is 54.8. The number of aliphatic hydroxyl groups is 1. The standard InChI is InChI=1S/C11H12F4O2/c12-8(10(14)16)9(13)11(15)17-6-7-4-2-1-3-5-7/h1-5,8-11,16H,6H2. The molecule has 1 rings (SSSR count). The minimum Gasteiger partial charge on any atom is -0.362 e. The smallest absolute Gasteiger partial charge is 0.233 e. The van der Waals surface area contributed by atoms with Crippen LogP contribution in [0.1, 0.15) is 5.56 Å². The molecule has 0 radical (unpaired) electrons. The Labute approximate surface area is 95.8 Å². The van der Waals surface area contributed by atoms with Crippen LogP contribution in [-0.4, -0.2) is 30.2 Å². The summed E-state index contributed by atoms with van der Waals surface area (Å²) in [6.07, 6.45) is -11.5. The zero-order chi connectivity index (χ0) is 12.8. The molecule has 1 aromatic carbocycles. The third kappa shape index (κ3) is 4.32. The predicted molar refractivity (Wildman–Crippen MR) is 53.0 cm³/mol. The van der Waals surface area contributed by atoms with E-state index < -0.39 is 25.1 Å². The Balaban J connectivity index is 2.41. The molecule has 2 nitrogen and oxygen atoms in total. The Hall–Kier alpha value is -1.14. The molecule has 0 aliphatic carbocycles. The van der Waals surface area contributed by atoms with Crippen LogP contribution in [0.4, 0.5) is 17.6 Å². The Kier molecular flexibility index (Phi) is 5.37. The summed E-state index contributed by atoms with van der Waals surface area (Å²) in [6, 6.07) is 8.28. The third-order valence-corrected chi connectivity index (χ3v) is 2.07. The van der Waals surface area contributed by atoms with Gasteiger partial charge >= 0.3 is 0 Å². The lowest BCUT2D eigenvalue weighted by molar-refractivity contribution is -0.146. The minimum absolute atomic E-state index is 0.266. The SMILES string of the molecule is OC(F)C(F)C(F)C(F)OCc1ccccc1. The first kappa shape index (κ1) is 13.9. The van der Waals surface area contributed by atoms with Gasteiger partial charge in [0.1, 0.15) is 0 Å². The van der Waals surface area contributed by atoms with Crippen molar-refractivity contribution in [2.24, 2.45) is 0 Å². The van der Waals surface area contributed by atoms with Crippen molar-refractivity contribution < 1.29 is 27.4 Å².